The Kier molecular flexibility index (Phi) is 23.3. The quantitative estimate of drug-likeness (QED) is 0.122. The summed E-state index contributed by atoms with van der Waals surface area (Å²) in [5.41, 5.74) is 5.82. The fourth-order valence-electron chi connectivity index (χ4n) is 3.74. The zero-order chi connectivity index (χ0) is 21.4. The first kappa shape index (κ1) is 28.5. The first-order valence-corrected chi connectivity index (χ1v) is 13.1. The molecule has 3 nitrogen and oxygen atoms in total. The van der Waals surface area contributed by atoms with Crippen LogP contribution in [-0.2, 0) is 0 Å². The second-order valence-electron chi connectivity index (χ2n) is 9.02. The van der Waals surface area contributed by atoms with Gasteiger partial charge in [0.2, 0.25) is 0 Å². The van der Waals surface area contributed by atoms with Crippen LogP contribution in [0.25, 0.3) is 0 Å². The Balaban J connectivity index is 3.37. The molecule has 29 heavy (non-hydrogen) atoms. The van der Waals surface area contributed by atoms with Crippen molar-refractivity contribution in [3.8, 4) is 0 Å². The van der Waals surface area contributed by atoms with Crippen molar-refractivity contribution >= 4 is 0 Å². The molecule has 0 heterocycles. The summed E-state index contributed by atoms with van der Waals surface area (Å²) < 4.78 is 0. The lowest BCUT2D eigenvalue weighted by Crippen LogP contribution is -2.41. The van der Waals surface area contributed by atoms with E-state index in [0.717, 1.165) is 19.4 Å². The van der Waals surface area contributed by atoms with Crippen LogP contribution in [-0.4, -0.2) is 18.8 Å². The predicted molar refractivity (Wildman–Crippen MR) is 132 cm³/mol. The molecule has 174 valence electrons. The van der Waals surface area contributed by atoms with Gasteiger partial charge in [-0.2, -0.15) is 0 Å². The van der Waals surface area contributed by atoms with Crippen molar-refractivity contribution in [3.05, 3.63) is 12.3 Å². The Morgan fingerprint density at radius 1 is 0.690 bits per heavy atom. The van der Waals surface area contributed by atoms with Crippen LogP contribution in [0.4, 0.5) is 0 Å². The van der Waals surface area contributed by atoms with Gasteiger partial charge in [-0.05, 0) is 45.4 Å². The number of nitrogens with one attached hydrogen (secondary N) is 2. The van der Waals surface area contributed by atoms with E-state index in [9.17, 15) is 0 Å². The van der Waals surface area contributed by atoms with E-state index in [0.29, 0.717) is 6.17 Å². The normalized spacial score (nSPS) is 13.8. The third-order valence-corrected chi connectivity index (χ3v) is 5.71. The molecule has 0 aliphatic carbocycles. The predicted octanol–water partition coefficient (Wildman–Crippen LogP) is 7.41. The van der Waals surface area contributed by atoms with Crippen LogP contribution in [0, 0.1) is 0 Å². The highest BCUT2D eigenvalue weighted by molar-refractivity contribution is 4.82. The number of hydrogen-bond donors (Lipinski definition) is 3. The monoisotopic (exact) mass is 409 g/mol. The summed E-state index contributed by atoms with van der Waals surface area (Å²) in [4.78, 5) is 0. The fraction of sp³-hybridized carbons (Fsp3) is 0.923. The van der Waals surface area contributed by atoms with E-state index < -0.39 is 0 Å². The number of unbranched alkanes of at least 4 members (excludes halogenated alkanes) is 14. The summed E-state index contributed by atoms with van der Waals surface area (Å²) in [6, 6.07) is 0.278. The molecule has 0 aromatic rings. The van der Waals surface area contributed by atoms with Crippen molar-refractivity contribution < 1.29 is 0 Å². The highest BCUT2D eigenvalue weighted by atomic mass is 15.1. The van der Waals surface area contributed by atoms with Crippen LogP contribution < -0.4 is 16.4 Å². The minimum atomic E-state index is 0.278. The van der Waals surface area contributed by atoms with Crippen molar-refractivity contribution in [1.29, 1.82) is 0 Å². The van der Waals surface area contributed by atoms with Gasteiger partial charge in [0.1, 0.15) is 0 Å². The lowest BCUT2D eigenvalue weighted by Gasteiger charge is -2.19. The van der Waals surface area contributed by atoms with Gasteiger partial charge in [0, 0.05) is 6.04 Å². The largest absolute Gasteiger partial charge is 0.376 e. The fourth-order valence-corrected chi connectivity index (χ4v) is 3.74. The minimum Gasteiger partial charge on any atom is -0.376 e. The first-order valence-electron chi connectivity index (χ1n) is 13.1. The molecule has 0 amide bonds. The van der Waals surface area contributed by atoms with Gasteiger partial charge in [-0.15, -0.1) is 0 Å². The smallest absolute Gasteiger partial charge is 0.0762 e. The highest BCUT2D eigenvalue weighted by Crippen LogP contribution is 2.13. The number of allylic oxidation sites excluding steroid dienone is 1. The lowest BCUT2D eigenvalue weighted by atomic mass is 10.0. The van der Waals surface area contributed by atoms with E-state index in [4.69, 9.17) is 5.73 Å². The van der Waals surface area contributed by atoms with Gasteiger partial charge in [0.25, 0.3) is 0 Å². The van der Waals surface area contributed by atoms with Crippen molar-refractivity contribution in [1.82, 2.24) is 10.6 Å². The molecule has 3 heteroatoms. The van der Waals surface area contributed by atoms with Crippen molar-refractivity contribution in [3.63, 3.8) is 0 Å². The van der Waals surface area contributed by atoms with Gasteiger partial charge in [-0.3, -0.25) is 5.32 Å². The minimum absolute atomic E-state index is 0.278. The van der Waals surface area contributed by atoms with Gasteiger partial charge in [-0.25, -0.2) is 0 Å². The summed E-state index contributed by atoms with van der Waals surface area (Å²) in [5.74, 6) is 0. The number of rotatable bonds is 23. The van der Waals surface area contributed by atoms with E-state index >= 15 is 0 Å². The van der Waals surface area contributed by atoms with E-state index in [1.165, 1.54) is 103 Å². The van der Waals surface area contributed by atoms with Gasteiger partial charge in [-0.1, -0.05) is 110 Å². The van der Waals surface area contributed by atoms with Gasteiger partial charge in [0.15, 0.2) is 0 Å². The molecule has 2 unspecified atom stereocenters. The molecule has 0 aromatic carbocycles. The maximum atomic E-state index is 5.82. The molecule has 0 bridgehead atoms. The van der Waals surface area contributed by atoms with Crippen molar-refractivity contribution in [2.75, 3.05) is 6.54 Å². The average Bonchev–Trinajstić information content (AvgIpc) is 2.70. The molecule has 2 atom stereocenters. The molecule has 0 fully saturated rings. The zero-order valence-electron chi connectivity index (χ0n) is 20.3. The lowest BCUT2D eigenvalue weighted by molar-refractivity contribution is 0.426. The molecule has 0 saturated heterocycles. The van der Waals surface area contributed by atoms with E-state index in [2.05, 4.69) is 43.7 Å². The summed E-state index contributed by atoms with van der Waals surface area (Å²) in [6.07, 6.45) is 29.4. The third kappa shape index (κ3) is 23.6. The second kappa shape index (κ2) is 23.7. The number of nitrogens with two attached hydrogens (primary N) is 1. The second-order valence-corrected chi connectivity index (χ2v) is 9.02. The standard InChI is InChI=1S/C26H55N3/c1-4-6-7-8-9-10-11-12-13-14-15-16-17-18-19-20-23-28-26(21-5-2)29-24-22-25(3)27/h20,23,25-26,28-29H,4-19,21-22,24,27H2,1-3H3. The van der Waals surface area contributed by atoms with Crippen LogP contribution in [0.2, 0.25) is 0 Å². The van der Waals surface area contributed by atoms with Gasteiger partial charge >= 0.3 is 0 Å². The molecule has 0 aliphatic rings. The van der Waals surface area contributed by atoms with Crippen LogP contribution >= 0.6 is 0 Å². The SMILES string of the molecule is CCCCCCCCCCCCCCCCC=CNC(CCC)NCCC(C)N. The summed E-state index contributed by atoms with van der Waals surface area (Å²) in [6.45, 7) is 7.59. The maximum absolute atomic E-state index is 5.82. The topological polar surface area (TPSA) is 50.1 Å². The Bertz CT molecular complexity index is 328. The van der Waals surface area contributed by atoms with E-state index in [1.807, 2.05) is 0 Å². The van der Waals surface area contributed by atoms with Gasteiger partial charge in [0.05, 0.1) is 6.17 Å². The zero-order valence-corrected chi connectivity index (χ0v) is 20.3. The Hall–Kier alpha value is -0.540. The van der Waals surface area contributed by atoms with Crippen LogP contribution in [0.3, 0.4) is 0 Å². The number of hydrogen-bond acceptors (Lipinski definition) is 3. The molecular weight excluding hydrogens is 354 g/mol. The molecule has 0 aliphatic heterocycles. The van der Waals surface area contributed by atoms with Crippen molar-refractivity contribution in [2.24, 2.45) is 5.73 Å². The Morgan fingerprint density at radius 3 is 1.69 bits per heavy atom. The molecule has 0 spiro atoms. The molecule has 0 aromatic heterocycles. The Morgan fingerprint density at radius 2 is 1.21 bits per heavy atom. The Labute approximate surface area is 184 Å². The van der Waals surface area contributed by atoms with E-state index in [1.54, 1.807) is 0 Å². The molecule has 0 rings (SSSR count). The van der Waals surface area contributed by atoms with Crippen LogP contribution in [0.5, 0.6) is 0 Å². The maximum Gasteiger partial charge on any atom is 0.0762 e. The third-order valence-electron chi connectivity index (χ3n) is 5.71. The summed E-state index contributed by atoms with van der Waals surface area (Å²) >= 11 is 0. The molecule has 0 radical (unpaired) electrons. The van der Waals surface area contributed by atoms with Gasteiger partial charge < -0.3 is 11.1 Å². The molecule has 0 saturated carbocycles. The van der Waals surface area contributed by atoms with Crippen LogP contribution in [0.1, 0.15) is 136 Å². The van der Waals surface area contributed by atoms with Crippen LogP contribution in [0.15, 0.2) is 12.3 Å². The molecular formula is C26H55N3. The summed E-state index contributed by atoms with van der Waals surface area (Å²) in [5, 5.41) is 7.08. The molecule has 4 N–H and O–H groups in total. The first-order chi connectivity index (χ1) is 14.2. The average molecular weight is 410 g/mol. The van der Waals surface area contributed by atoms with E-state index in [-0.39, 0.29) is 6.04 Å². The highest BCUT2D eigenvalue weighted by Gasteiger charge is 2.03. The summed E-state index contributed by atoms with van der Waals surface area (Å²) in [7, 11) is 0. The van der Waals surface area contributed by atoms with Crippen molar-refractivity contribution in [2.45, 2.75) is 149 Å².